The van der Waals surface area contributed by atoms with E-state index in [2.05, 4.69) is 15.0 Å². The number of amides is 2. The van der Waals surface area contributed by atoms with E-state index in [0.29, 0.717) is 43.7 Å². The Hall–Kier alpha value is -4.20. The second-order valence-electron chi connectivity index (χ2n) is 12.1. The van der Waals surface area contributed by atoms with Crippen LogP contribution in [0.1, 0.15) is 71.0 Å². The van der Waals surface area contributed by atoms with Gasteiger partial charge in [-0.25, -0.2) is 24.0 Å². The lowest BCUT2D eigenvalue weighted by molar-refractivity contribution is -0.138. The summed E-state index contributed by atoms with van der Waals surface area (Å²) in [6.45, 7) is 16.0. The van der Waals surface area contributed by atoms with Gasteiger partial charge in [-0.05, 0) is 68.4 Å². The van der Waals surface area contributed by atoms with Crippen LogP contribution in [0.4, 0.5) is 15.5 Å². The van der Waals surface area contributed by atoms with Gasteiger partial charge >= 0.3 is 18.2 Å². The quantitative estimate of drug-likeness (QED) is 0.190. The Morgan fingerprint density at radius 3 is 2.23 bits per heavy atom. The zero-order valence-electron chi connectivity index (χ0n) is 26.7. The normalized spacial score (nSPS) is 13.2. The number of pyridine rings is 1. The highest BCUT2D eigenvalue weighted by Crippen LogP contribution is 2.37. The van der Waals surface area contributed by atoms with Crippen molar-refractivity contribution < 1.29 is 33.3 Å². The van der Waals surface area contributed by atoms with Crippen LogP contribution in [-0.4, -0.2) is 73.6 Å². The van der Waals surface area contributed by atoms with Crippen molar-refractivity contribution in [3.8, 4) is 5.75 Å². The molecule has 1 aliphatic heterocycles. The molecule has 13 nitrogen and oxygen atoms in total. The van der Waals surface area contributed by atoms with Gasteiger partial charge < -0.3 is 18.9 Å². The molecule has 0 spiro atoms. The van der Waals surface area contributed by atoms with E-state index >= 15 is 0 Å². The summed E-state index contributed by atoms with van der Waals surface area (Å²) in [6.07, 6.45) is 1.35. The molecule has 0 atom stereocenters. The Kier molecular flexibility index (Phi) is 9.24. The van der Waals surface area contributed by atoms with Gasteiger partial charge in [0.25, 0.3) is 0 Å². The van der Waals surface area contributed by atoms with Crippen LogP contribution in [-0.2, 0) is 25.5 Å². The molecular weight excluding hydrogens is 588 g/mol. The van der Waals surface area contributed by atoms with E-state index in [4.69, 9.17) is 24.0 Å². The lowest BCUT2D eigenvalue weighted by atomic mass is 10.1. The van der Waals surface area contributed by atoms with Crippen LogP contribution in [0.3, 0.4) is 0 Å². The van der Waals surface area contributed by atoms with E-state index in [1.165, 1.54) is 11.8 Å². The first-order valence-corrected chi connectivity index (χ1v) is 15.1. The molecule has 3 aromatic heterocycles. The van der Waals surface area contributed by atoms with Gasteiger partial charge in [0.15, 0.2) is 5.65 Å². The van der Waals surface area contributed by atoms with Crippen molar-refractivity contribution in [2.75, 3.05) is 24.4 Å². The molecule has 1 aliphatic rings. The zero-order chi connectivity index (χ0) is 32.6. The molecule has 14 heteroatoms. The van der Waals surface area contributed by atoms with Gasteiger partial charge in [-0.3, -0.25) is 4.98 Å². The second-order valence-corrected chi connectivity index (χ2v) is 13.1. The number of nitrogens with zero attached hydrogens (tertiary/aromatic N) is 6. The van der Waals surface area contributed by atoms with Gasteiger partial charge in [0, 0.05) is 28.6 Å². The average Bonchev–Trinajstić information content (AvgIpc) is 3.11. The van der Waals surface area contributed by atoms with Gasteiger partial charge in [-0.1, -0.05) is 0 Å². The number of hydrogen-bond acceptors (Lipinski definition) is 12. The topological polar surface area (TPSA) is 148 Å². The van der Waals surface area contributed by atoms with Crippen LogP contribution in [0.15, 0.2) is 16.8 Å². The lowest BCUT2D eigenvalue weighted by Crippen LogP contribution is -2.44. The summed E-state index contributed by atoms with van der Waals surface area (Å²) in [5.41, 5.74) is 1.64. The molecule has 0 aliphatic carbocycles. The third-order valence-corrected chi connectivity index (χ3v) is 7.21. The first kappa shape index (κ1) is 32.7. The number of methoxy groups -OCH3 is 1. The van der Waals surface area contributed by atoms with Crippen LogP contribution in [0.2, 0.25) is 0 Å². The number of imide groups is 1. The largest absolute Gasteiger partial charge is 0.496 e. The summed E-state index contributed by atoms with van der Waals surface area (Å²) in [7, 11) is 1.60. The first-order chi connectivity index (χ1) is 20.5. The van der Waals surface area contributed by atoms with Crippen molar-refractivity contribution in [1.29, 1.82) is 0 Å². The maximum atomic E-state index is 13.4. The molecule has 236 valence electrons. The standard InChI is InChI=1S/C30H38N6O7S/c1-11-41-25(37)18-12-19-21-23(35(34-19)14-20-17(3)22(40-10)16(2)13-31-20)32-26(33-24(21)44-15-18)36(27(38)42-29(4,5)6)28(39)43-30(7,8)9/h12-13H,11,14-15H2,1-10H3. The molecule has 0 saturated carbocycles. The molecule has 4 heterocycles. The maximum absolute atomic E-state index is 13.4. The molecule has 0 unspecified atom stereocenters. The third kappa shape index (κ3) is 7.12. The fourth-order valence-electron chi connectivity index (χ4n) is 4.39. The van der Waals surface area contributed by atoms with E-state index in [0.717, 1.165) is 11.1 Å². The van der Waals surface area contributed by atoms with E-state index in [1.54, 1.807) is 72.5 Å². The monoisotopic (exact) mass is 626 g/mol. The average molecular weight is 627 g/mol. The number of aromatic nitrogens is 5. The predicted molar refractivity (Wildman–Crippen MR) is 165 cm³/mol. The number of ether oxygens (including phenoxy) is 4. The number of aryl methyl sites for hydroxylation is 1. The molecule has 2 amide bonds. The Labute approximate surface area is 260 Å². The molecule has 0 radical (unpaired) electrons. The van der Waals surface area contributed by atoms with Gasteiger partial charge in [-0.15, -0.1) is 16.7 Å². The van der Waals surface area contributed by atoms with Crippen LogP contribution >= 0.6 is 11.8 Å². The van der Waals surface area contributed by atoms with Gasteiger partial charge in [0.1, 0.15) is 22.0 Å². The molecular formula is C30H38N6O7S. The number of anilines is 1. The minimum atomic E-state index is -1.01. The Morgan fingerprint density at radius 2 is 1.66 bits per heavy atom. The summed E-state index contributed by atoms with van der Waals surface area (Å²) in [5.74, 6) is 0.176. The van der Waals surface area contributed by atoms with Crippen molar-refractivity contribution in [2.45, 2.75) is 85.1 Å². The number of esters is 1. The van der Waals surface area contributed by atoms with Crippen molar-refractivity contribution in [1.82, 2.24) is 24.7 Å². The molecule has 0 saturated heterocycles. The minimum Gasteiger partial charge on any atom is -0.496 e. The molecule has 44 heavy (non-hydrogen) atoms. The number of carbonyl (C=O) groups is 3. The van der Waals surface area contributed by atoms with Gasteiger partial charge in [0.2, 0.25) is 5.95 Å². The second kappa shape index (κ2) is 12.4. The molecule has 3 aromatic rings. The smallest absolute Gasteiger partial charge is 0.427 e. The molecule has 0 N–H and O–H groups in total. The molecule has 0 fully saturated rings. The van der Waals surface area contributed by atoms with Crippen molar-refractivity contribution >= 4 is 53.0 Å². The number of thioether (sulfide) groups is 1. The highest BCUT2D eigenvalue weighted by molar-refractivity contribution is 7.99. The highest BCUT2D eigenvalue weighted by atomic mass is 32.2. The zero-order valence-corrected chi connectivity index (χ0v) is 27.5. The van der Waals surface area contributed by atoms with E-state index < -0.39 is 29.4 Å². The molecule has 0 bridgehead atoms. The number of carbonyl (C=O) groups excluding carboxylic acids is 3. The summed E-state index contributed by atoms with van der Waals surface area (Å²) in [6, 6.07) is 0. The van der Waals surface area contributed by atoms with E-state index in [-0.39, 0.29) is 24.9 Å². The Balaban J connectivity index is 1.94. The summed E-state index contributed by atoms with van der Waals surface area (Å²) in [4.78, 5) is 54.2. The molecule has 0 aromatic carbocycles. The summed E-state index contributed by atoms with van der Waals surface area (Å²) < 4.78 is 23.6. The predicted octanol–water partition coefficient (Wildman–Crippen LogP) is 5.62. The van der Waals surface area contributed by atoms with Gasteiger partial charge in [0.05, 0.1) is 37.0 Å². The van der Waals surface area contributed by atoms with Crippen LogP contribution < -0.4 is 9.64 Å². The van der Waals surface area contributed by atoms with Crippen LogP contribution in [0.5, 0.6) is 5.75 Å². The van der Waals surface area contributed by atoms with Crippen molar-refractivity contribution in [2.24, 2.45) is 0 Å². The number of rotatable bonds is 6. The molecule has 4 rings (SSSR count). The summed E-state index contributed by atoms with van der Waals surface area (Å²) in [5, 5.41) is 5.73. The fraction of sp³-hybridized carbons (Fsp3) is 0.500. The Bertz CT molecular complexity index is 1620. The van der Waals surface area contributed by atoms with Crippen LogP contribution in [0.25, 0.3) is 17.1 Å². The highest BCUT2D eigenvalue weighted by Gasteiger charge is 2.36. The van der Waals surface area contributed by atoms with E-state index in [9.17, 15) is 14.4 Å². The van der Waals surface area contributed by atoms with E-state index in [1.807, 2.05) is 13.8 Å². The minimum absolute atomic E-state index is 0.168. The first-order valence-electron chi connectivity index (χ1n) is 14.1. The Morgan fingerprint density at radius 1 is 1.02 bits per heavy atom. The third-order valence-electron chi connectivity index (χ3n) is 6.19. The fourth-order valence-corrected chi connectivity index (χ4v) is 5.37. The lowest BCUT2D eigenvalue weighted by Gasteiger charge is -2.27. The number of hydrogen-bond donors (Lipinski definition) is 0. The van der Waals surface area contributed by atoms with Crippen molar-refractivity contribution in [3.05, 3.63) is 34.3 Å². The van der Waals surface area contributed by atoms with Gasteiger partial charge in [-0.2, -0.15) is 10.1 Å². The van der Waals surface area contributed by atoms with Crippen molar-refractivity contribution in [3.63, 3.8) is 0 Å². The SMILES string of the molecule is CCOC(=O)C1=Cc2nn(Cc3ncc(C)c(OC)c3C)c3nc(N(C(=O)OC(C)(C)C)C(=O)OC(C)(C)C)nc(c23)SC1. The summed E-state index contributed by atoms with van der Waals surface area (Å²) >= 11 is 1.24. The van der Waals surface area contributed by atoms with Crippen LogP contribution in [0, 0.1) is 13.8 Å². The maximum Gasteiger partial charge on any atom is 0.427 e.